The van der Waals surface area contributed by atoms with Crippen LogP contribution in [0.25, 0.3) is 0 Å². The van der Waals surface area contributed by atoms with Crippen molar-refractivity contribution in [3.05, 3.63) is 36.9 Å². The van der Waals surface area contributed by atoms with Crippen molar-refractivity contribution in [3.63, 3.8) is 0 Å². The number of carbonyl (C=O) groups excluding carboxylic acids is 2. The minimum atomic E-state index is -0.487. The third kappa shape index (κ3) is 4.08. The van der Waals surface area contributed by atoms with Gasteiger partial charge in [0.05, 0.1) is 19.6 Å². The van der Waals surface area contributed by atoms with Gasteiger partial charge in [-0.05, 0) is 12.1 Å². The first-order valence-electron chi connectivity index (χ1n) is 7.21. The Morgan fingerprint density at radius 2 is 2.41 bits per heavy atom. The minimum absolute atomic E-state index is 0.0630. The highest BCUT2D eigenvalue weighted by atomic mass is 16.5. The topological polar surface area (TPSA) is 70.7 Å². The Labute approximate surface area is 130 Å². The van der Waals surface area contributed by atoms with E-state index in [0.29, 0.717) is 31.1 Å². The highest BCUT2D eigenvalue weighted by Crippen LogP contribution is 2.17. The van der Waals surface area contributed by atoms with Crippen LogP contribution in [0.1, 0.15) is 6.42 Å². The summed E-state index contributed by atoms with van der Waals surface area (Å²) in [7, 11) is 1.57. The molecule has 2 rings (SSSR count). The van der Waals surface area contributed by atoms with Gasteiger partial charge in [-0.25, -0.2) is 0 Å². The number of methoxy groups -OCH3 is 1. The average molecular weight is 303 g/mol. The third-order valence-corrected chi connectivity index (χ3v) is 3.47. The van der Waals surface area contributed by atoms with Gasteiger partial charge < -0.3 is 20.3 Å². The number of carbonyl (C=O) groups is 2. The lowest BCUT2D eigenvalue weighted by atomic mass is 10.1. The van der Waals surface area contributed by atoms with E-state index < -0.39 is 6.04 Å². The molecule has 1 atom stereocenters. The van der Waals surface area contributed by atoms with Crippen LogP contribution in [0, 0.1) is 0 Å². The van der Waals surface area contributed by atoms with Crippen molar-refractivity contribution in [2.24, 2.45) is 0 Å². The second-order valence-electron chi connectivity index (χ2n) is 5.06. The summed E-state index contributed by atoms with van der Waals surface area (Å²) in [5.41, 5.74) is 0.649. The Morgan fingerprint density at radius 3 is 3.14 bits per heavy atom. The summed E-state index contributed by atoms with van der Waals surface area (Å²) < 4.78 is 5.11. The summed E-state index contributed by atoms with van der Waals surface area (Å²) in [5.74, 6) is 0.397. The molecule has 0 aliphatic carbocycles. The van der Waals surface area contributed by atoms with Crippen molar-refractivity contribution < 1.29 is 14.3 Å². The van der Waals surface area contributed by atoms with Gasteiger partial charge in [0.25, 0.3) is 0 Å². The Balaban J connectivity index is 1.93. The number of piperazine rings is 1. The largest absolute Gasteiger partial charge is 0.497 e. The maximum Gasteiger partial charge on any atom is 0.240 e. The van der Waals surface area contributed by atoms with Gasteiger partial charge in [0, 0.05) is 31.4 Å². The van der Waals surface area contributed by atoms with Crippen molar-refractivity contribution in [2.45, 2.75) is 12.5 Å². The molecule has 0 radical (unpaired) electrons. The smallest absolute Gasteiger partial charge is 0.240 e. The molecule has 0 saturated carbocycles. The van der Waals surface area contributed by atoms with E-state index in [1.807, 2.05) is 0 Å². The van der Waals surface area contributed by atoms with Crippen molar-refractivity contribution in [1.29, 1.82) is 0 Å². The zero-order valence-corrected chi connectivity index (χ0v) is 12.7. The maximum atomic E-state index is 12.2. The van der Waals surface area contributed by atoms with Crippen LogP contribution in [-0.2, 0) is 9.59 Å². The molecule has 0 spiro atoms. The molecule has 1 aliphatic rings. The standard InChI is InChI=1S/C16H21N3O3/c1-3-8-19-9-7-17-14(16(19)21)11-15(20)18-12-5-4-6-13(10-12)22-2/h3-6,10,14,17H,1,7-9,11H2,2H3,(H,18,20). The van der Waals surface area contributed by atoms with E-state index in [0.717, 1.165) is 0 Å². The van der Waals surface area contributed by atoms with Crippen molar-refractivity contribution >= 4 is 17.5 Å². The number of nitrogens with zero attached hydrogens (tertiary/aromatic N) is 1. The lowest BCUT2D eigenvalue weighted by molar-refractivity contribution is -0.136. The zero-order chi connectivity index (χ0) is 15.9. The SMILES string of the molecule is C=CCN1CCNC(CC(=O)Nc2cccc(OC)c2)C1=O. The Kier molecular flexibility index (Phi) is 5.55. The normalized spacial score (nSPS) is 18.0. The molecule has 0 aromatic heterocycles. The van der Waals surface area contributed by atoms with Crippen molar-refractivity contribution in [3.8, 4) is 5.75 Å². The summed E-state index contributed by atoms with van der Waals surface area (Å²) in [4.78, 5) is 26.0. The van der Waals surface area contributed by atoms with Crippen LogP contribution in [0.4, 0.5) is 5.69 Å². The van der Waals surface area contributed by atoms with Gasteiger partial charge in [-0.3, -0.25) is 9.59 Å². The summed E-state index contributed by atoms with van der Waals surface area (Å²) in [6.45, 7) is 5.47. The van der Waals surface area contributed by atoms with E-state index in [9.17, 15) is 9.59 Å². The lowest BCUT2D eigenvalue weighted by Crippen LogP contribution is -2.55. The monoisotopic (exact) mass is 303 g/mol. The first-order valence-corrected chi connectivity index (χ1v) is 7.21. The number of nitrogens with one attached hydrogen (secondary N) is 2. The molecule has 118 valence electrons. The number of hydrogen-bond acceptors (Lipinski definition) is 4. The zero-order valence-electron chi connectivity index (χ0n) is 12.7. The van der Waals surface area contributed by atoms with Crippen LogP contribution in [0.5, 0.6) is 5.75 Å². The van der Waals surface area contributed by atoms with Crippen LogP contribution in [0.2, 0.25) is 0 Å². The van der Waals surface area contributed by atoms with Crippen molar-refractivity contribution in [2.75, 3.05) is 32.1 Å². The third-order valence-electron chi connectivity index (χ3n) is 3.47. The van der Waals surface area contributed by atoms with Crippen molar-refractivity contribution in [1.82, 2.24) is 10.2 Å². The van der Waals surface area contributed by atoms with Gasteiger partial charge in [-0.1, -0.05) is 12.1 Å². The molecule has 6 nitrogen and oxygen atoms in total. The Morgan fingerprint density at radius 1 is 1.59 bits per heavy atom. The van der Waals surface area contributed by atoms with E-state index in [-0.39, 0.29) is 18.2 Å². The molecule has 1 aromatic carbocycles. The highest BCUT2D eigenvalue weighted by Gasteiger charge is 2.29. The molecule has 0 bridgehead atoms. The van der Waals surface area contributed by atoms with Gasteiger partial charge in [0.1, 0.15) is 5.75 Å². The average Bonchev–Trinajstić information content (AvgIpc) is 2.51. The summed E-state index contributed by atoms with van der Waals surface area (Å²) in [5, 5.41) is 5.87. The lowest BCUT2D eigenvalue weighted by Gasteiger charge is -2.32. The van der Waals surface area contributed by atoms with Crippen LogP contribution < -0.4 is 15.4 Å². The number of anilines is 1. The van der Waals surface area contributed by atoms with Gasteiger partial charge in [0.15, 0.2) is 0 Å². The summed E-state index contributed by atoms with van der Waals surface area (Å²) >= 11 is 0. The van der Waals surface area contributed by atoms with E-state index in [2.05, 4.69) is 17.2 Å². The van der Waals surface area contributed by atoms with E-state index >= 15 is 0 Å². The first-order chi connectivity index (χ1) is 10.6. The Hall–Kier alpha value is -2.34. The molecule has 1 unspecified atom stereocenters. The van der Waals surface area contributed by atoms with Gasteiger partial charge in [-0.15, -0.1) is 6.58 Å². The summed E-state index contributed by atoms with van der Waals surface area (Å²) in [6.07, 6.45) is 1.79. The van der Waals surface area contributed by atoms with Crippen LogP contribution in [0.15, 0.2) is 36.9 Å². The van der Waals surface area contributed by atoms with Gasteiger partial charge >= 0.3 is 0 Å². The van der Waals surface area contributed by atoms with Crippen LogP contribution in [0.3, 0.4) is 0 Å². The molecular weight excluding hydrogens is 282 g/mol. The first kappa shape index (κ1) is 16.0. The molecular formula is C16H21N3O3. The Bertz CT molecular complexity index is 559. The number of benzene rings is 1. The highest BCUT2D eigenvalue weighted by molar-refractivity contribution is 5.95. The number of rotatable bonds is 6. The maximum absolute atomic E-state index is 12.2. The van der Waals surface area contributed by atoms with E-state index in [4.69, 9.17) is 4.74 Å². The van der Waals surface area contributed by atoms with E-state index in [1.165, 1.54) is 0 Å². The molecule has 1 saturated heterocycles. The van der Waals surface area contributed by atoms with E-state index in [1.54, 1.807) is 42.4 Å². The molecule has 1 aromatic rings. The molecule has 2 amide bonds. The summed E-state index contributed by atoms with van der Waals surface area (Å²) in [6, 6.07) is 6.62. The second-order valence-corrected chi connectivity index (χ2v) is 5.06. The molecule has 6 heteroatoms. The number of ether oxygens (including phenoxy) is 1. The van der Waals surface area contributed by atoms with Crippen LogP contribution >= 0.6 is 0 Å². The number of amides is 2. The molecule has 1 aliphatic heterocycles. The predicted molar refractivity (Wildman–Crippen MR) is 84.8 cm³/mol. The molecule has 1 fully saturated rings. The predicted octanol–water partition coefficient (Wildman–Crippen LogP) is 1.01. The fourth-order valence-corrected chi connectivity index (χ4v) is 2.39. The fraction of sp³-hybridized carbons (Fsp3) is 0.375. The minimum Gasteiger partial charge on any atom is -0.497 e. The number of hydrogen-bond donors (Lipinski definition) is 2. The molecule has 2 N–H and O–H groups in total. The van der Waals surface area contributed by atoms with Crippen LogP contribution in [-0.4, -0.2) is 49.5 Å². The second kappa shape index (κ2) is 7.61. The fourth-order valence-electron chi connectivity index (χ4n) is 2.39. The van der Waals surface area contributed by atoms with Gasteiger partial charge in [0.2, 0.25) is 11.8 Å². The molecule has 1 heterocycles. The molecule has 22 heavy (non-hydrogen) atoms. The quantitative estimate of drug-likeness (QED) is 0.770. The van der Waals surface area contributed by atoms with Gasteiger partial charge in [-0.2, -0.15) is 0 Å².